The zero-order valence-electron chi connectivity index (χ0n) is 21.0. The molecule has 0 fully saturated rings. The van der Waals surface area contributed by atoms with Gasteiger partial charge in [0.15, 0.2) is 11.3 Å². The van der Waals surface area contributed by atoms with Crippen LogP contribution >= 0.6 is 15.9 Å². The van der Waals surface area contributed by atoms with Gasteiger partial charge in [-0.25, -0.2) is 0 Å². The highest BCUT2D eigenvalue weighted by molar-refractivity contribution is 9.10. The Morgan fingerprint density at radius 1 is 0.795 bits per heavy atom. The summed E-state index contributed by atoms with van der Waals surface area (Å²) in [6, 6.07) is 36.8. The van der Waals surface area contributed by atoms with Crippen LogP contribution in [0.5, 0.6) is 5.75 Å². The molecule has 6 aromatic rings. The Kier molecular flexibility index (Phi) is 6.78. The highest BCUT2D eigenvalue weighted by Gasteiger charge is 2.25. The van der Waals surface area contributed by atoms with Gasteiger partial charge in [0.2, 0.25) is 5.52 Å². The fourth-order valence-electron chi connectivity index (χ4n) is 4.93. The summed E-state index contributed by atoms with van der Waals surface area (Å²) in [4.78, 5) is 15.7. The number of benzene rings is 5. The van der Waals surface area contributed by atoms with Gasteiger partial charge in [0, 0.05) is 27.1 Å². The molecular weight excluding hydrogens is 550 g/mol. The predicted octanol–water partition coefficient (Wildman–Crippen LogP) is 7.13. The molecule has 0 unspecified atom stereocenters. The third-order valence-electron chi connectivity index (χ3n) is 6.86. The van der Waals surface area contributed by atoms with E-state index in [0.717, 1.165) is 32.2 Å². The Bertz CT molecular complexity index is 1750. The number of halogens is 1. The summed E-state index contributed by atoms with van der Waals surface area (Å²) in [6.45, 7) is 0.499. The van der Waals surface area contributed by atoms with Crippen LogP contribution in [0.25, 0.3) is 33.3 Å². The number of aromatic hydroxyl groups is 1. The molecule has 0 saturated heterocycles. The highest BCUT2D eigenvalue weighted by Crippen LogP contribution is 2.41. The number of phenolic OH excluding ortho intramolecular Hbond substituents is 1. The number of phenols is 1. The van der Waals surface area contributed by atoms with Gasteiger partial charge in [-0.3, -0.25) is 4.79 Å². The molecule has 0 atom stereocenters. The molecular formula is C33H25BrN3O2+. The van der Waals surface area contributed by atoms with E-state index < -0.39 is 0 Å². The lowest BCUT2D eigenvalue weighted by Gasteiger charge is -2.19. The first-order valence-electron chi connectivity index (χ1n) is 12.7. The quantitative estimate of drug-likeness (QED) is 0.206. The van der Waals surface area contributed by atoms with Crippen molar-refractivity contribution in [3.05, 3.63) is 136 Å². The lowest BCUT2D eigenvalue weighted by Crippen LogP contribution is -2.21. The normalized spacial score (nSPS) is 11.1. The highest BCUT2D eigenvalue weighted by atomic mass is 79.9. The number of hydrogen-bond donors (Lipinski definition) is 1. The molecule has 1 heterocycles. The van der Waals surface area contributed by atoms with E-state index in [2.05, 4.69) is 26.1 Å². The second-order valence-electron chi connectivity index (χ2n) is 9.34. The lowest BCUT2D eigenvalue weighted by atomic mass is 9.85. The number of para-hydroxylation sites is 1. The van der Waals surface area contributed by atoms with Crippen LogP contribution in [0.3, 0.4) is 0 Å². The molecule has 0 aliphatic carbocycles. The number of H-pyrrole nitrogens is 1. The number of rotatable bonds is 7. The summed E-state index contributed by atoms with van der Waals surface area (Å²) in [6.07, 6.45) is 0.468. The number of aromatic amines is 1. The summed E-state index contributed by atoms with van der Waals surface area (Å²) in [5.74, 6) is -0.219. The maximum absolute atomic E-state index is 13.9. The van der Waals surface area contributed by atoms with Crippen LogP contribution in [0.15, 0.2) is 120 Å². The van der Waals surface area contributed by atoms with Crippen molar-refractivity contribution >= 4 is 32.7 Å². The zero-order chi connectivity index (χ0) is 26.8. The number of fused-ring (bicyclic) bond motifs is 1. The van der Waals surface area contributed by atoms with Gasteiger partial charge in [-0.05, 0) is 57.4 Å². The number of nitrogens with one attached hydrogen (secondary N) is 1. The average molecular weight is 575 g/mol. The van der Waals surface area contributed by atoms with Crippen molar-refractivity contribution in [2.45, 2.75) is 13.0 Å². The Balaban J connectivity index is 1.54. The van der Waals surface area contributed by atoms with Crippen LogP contribution in [-0.2, 0) is 13.0 Å². The smallest absolute Gasteiger partial charge is 0.248 e. The van der Waals surface area contributed by atoms with Crippen molar-refractivity contribution in [1.82, 2.24) is 9.90 Å². The molecule has 0 bridgehead atoms. The number of carbonyl (C=O) groups is 1. The molecule has 0 spiro atoms. The third kappa shape index (κ3) is 4.99. The first kappa shape index (κ1) is 24.8. The van der Waals surface area contributed by atoms with Crippen molar-refractivity contribution in [3.63, 3.8) is 0 Å². The molecule has 2 N–H and O–H groups in total. The second-order valence-corrected chi connectivity index (χ2v) is 10.3. The monoisotopic (exact) mass is 574 g/mol. The number of aryl methyl sites for hydroxylation is 1. The van der Waals surface area contributed by atoms with Crippen molar-refractivity contribution < 1.29 is 15.0 Å². The molecule has 0 radical (unpaired) electrons. The minimum atomic E-state index is -0.219. The lowest BCUT2D eigenvalue weighted by molar-refractivity contribution is -0.471. The van der Waals surface area contributed by atoms with E-state index in [1.807, 2.05) is 103 Å². The van der Waals surface area contributed by atoms with Gasteiger partial charge in [0.1, 0.15) is 12.3 Å². The molecule has 190 valence electrons. The Morgan fingerprint density at radius 3 is 2.15 bits per heavy atom. The van der Waals surface area contributed by atoms with E-state index in [9.17, 15) is 9.90 Å². The number of ketones is 1. The molecule has 1 aromatic heterocycles. The maximum Gasteiger partial charge on any atom is 0.248 e. The van der Waals surface area contributed by atoms with Crippen LogP contribution in [0.2, 0.25) is 0 Å². The zero-order valence-corrected chi connectivity index (χ0v) is 22.6. The average Bonchev–Trinajstić information content (AvgIpc) is 3.40. The molecule has 0 aliphatic rings. The fourth-order valence-corrected chi connectivity index (χ4v) is 5.20. The van der Waals surface area contributed by atoms with Gasteiger partial charge in [-0.15, -0.1) is 0 Å². The number of aromatic nitrogens is 3. The standard InChI is InChI=1S/C33H24BrN3O2/c34-25-17-15-23(16-18-25)28-21-27(22-9-3-1-4-10-22)26(19-20-37-35-29-13-7-8-14-30(29)36-37)33(39)31(28)32(38)24-11-5-2-6-12-24/h1-18,21,39H,19-20H2/p+1. The van der Waals surface area contributed by atoms with E-state index in [1.165, 1.54) is 0 Å². The van der Waals surface area contributed by atoms with Gasteiger partial charge in [-0.2, -0.15) is 5.10 Å². The van der Waals surface area contributed by atoms with Crippen molar-refractivity contribution in [3.8, 4) is 28.0 Å². The molecule has 0 aliphatic heterocycles. The van der Waals surface area contributed by atoms with Crippen LogP contribution < -0.4 is 5.10 Å². The second kappa shape index (κ2) is 10.7. The Labute approximate surface area is 234 Å². The van der Waals surface area contributed by atoms with Gasteiger partial charge in [0.05, 0.1) is 5.56 Å². The number of nitrogens with zero attached hydrogens (tertiary/aromatic N) is 2. The first-order chi connectivity index (χ1) is 19.1. The van der Waals surface area contributed by atoms with E-state index in [1.54, 1.807) is 16.9 Å². The predicted molar refractivity (Wildman–Crippen MR) is 157 cm³/mol. The molecule has 39 heavy (non-hydrogen) atoms. The van der Waals surface area contributed by atoms with E-state index in [4.69, 9.17) is 0 Å². The number of carbonyl (C=O) groups excluding carboxylic acids is 1. The molecule has 6 rings (SSSR count). The summed E-state index contributed by atoms with van der Waals surface area (Å²) >= 11 is 3.51. The molecule has 0 saturated carbocycles. The number of hydrogen-bond acceptors (Lipinski definition) is 3. The van der Waals surface area contributed by atoms with E-state index >= 15 is 0 Å². The molecule has 0 amide bonds. The summed E-state index contributed by atoms with van der Waals surface area (Å²) in [5.41, 5.74) is 6.72. The SMILES string of the molecule is O=C(c1ccccc1)c1c(-c2ccc(Br)cc2)cc(-c2ccccc2)c(CCn2nc3ccccc3[nH+]2)c1O. The van der Waals surface area contributed by atoms with Gasteiger partial charge >= 0.3 is 0 Å². The van der Waals surface area contributed by atoms with Crippen LogP contribution in [0.1, 0.15) is 21.5 Å². The minimum absolute atomic E-state index is 0.000152. The van der Waals surface area contributed by atoms with Gasteiger partial charge < -0.3 is 5.11 Å². The summed E-state index contributed by atoms with van der Waals surface area (Å²) in [7, 11) is 0. The van der Waals surface area contributed by atoms with Crippen LogP contribution in [0.4, 0.5) is 0 Å². The van der Waals surface area contributed by atoms with Crippen molar-refractivity contribution in [1.29, 1.82) is 0 Å². The van der Waals surface area contributed by atoms with Gasteiger partial charge in [0.25, 0.3) is 0 Å². The van der Waals surface area contributed by atoms with Crippen molar-refractivity contribution in [2.24, 2.45) is 0 Å². The maximum atomic E-state index is 13.9. The van der Waals surface area contributed by atoms with Crippen LogP contribution in [-0.4, -0.2) is 20.8 Å². The molecule has 5 nitrogen and oxygen atoms in total. The fraction of sp³-hybridized carbons (Fsp3) is 0.0606. The van der Waals surface area contributed by atoms with E-state index in [-0.39, 0.29) is 11.5 Å². The largest absolute Gasteiger partial charge is 0.507 e. The first-order valence-corrected chi connectivity index (χ1v) is 13.5. The third-order valence-corrected chi connectivity index (χ3v) is 7.39. The topological polar surface area (TPSA) is 69.3 Å². The van der Waals surface area contributed by atoms with E-state index in [0.29, 0.717) is 35.2 Å². The Hall–Kier alpha value is -4.55. The summed E-state index contributed by atoms with van der Waals surface area (Å²) < 4.78 is 0.939. The van der Waals surface area contributed by atoms with Crippen LogP contribution in [0, 0.1) is 0 Å². The van der Waals surface area contributed by atoms with Gasteiger partial charge in [-0.1, -0.05) is 101 Å². The molecule has 6 heteroatoms. The van der Waals surface area contributed by atoms with Crippen molar-refractivity contribution in [2.75, 3.05) is 0 Å². The minimum Gasteiger partial charge on any atom is -0.507 e. The summed E-state index contributed by atoms with van der Waals surface area (Å²) in [5, 5.41) is 19.9. The Morgan fingerprint density at radius 2 is 1.44 bits per heavy atom. The molecule has 5 aromatic carbocycles.